The zero-order chi connectivity index (χ0) is 30.8. The first kappa shape index (κ1) is 31.4. The van der Waals surface area contributed by atoms with E-state index in [1.165, 1.54) is 77.0 Å². The largest absolute Gasteiger partial charge is 0.353 e. The maximum Gasteiger partial charge on any atom is 0.186 e. The van der Waals surface area contributed by atoms with Gasteiger partial charge >= 0.3 is 0 Å². The standard InChI is InChI=1S/C39H66O4/c1-24(12-13-27-31-32(33(40-10)41-27)43-35(4,5)42-31)25-16-21-36(6)26(25)17-22-38(8)29(36)14-15-30-37(7)20-11-19-34(2,3)28(37)18-23-39(30,38)9/h24-33H,11-23H2,1-10H3/t24-,25-,26+,27-,28+,29-,30-,31-,32-,33-,36+,37+,38-,39-/m1/s1. The molecule has 0 aromatic rings. The van der Waals surface area contributed by atoms with Gasteiger partial charge < -0.3 is 18.9 Å². The van der Waals surface area contributed by atoms with Crippen LogP contribution in [0.4, 0.5) is 0 Å². The Kier molecular flexibility index (Phi) is 7.44. The van der Waals surface area contributed by atoms with Crippen LogP contribution in [0.25, 0.3) is 0 Å². The third kappa shape index (κ3) is 4.40. The summed E-state index contributed by atoms with van der Waals surface area (Å²) in [6.07, 6.45) is 18.0. The number of hydrogen-bond acceptors (Lipinski definition) is 4. The van der Waals surface area contributed by atoms with Crippen molar-refractivity contribution in [2.24, 2.45) is 62.6 Å². The van der Waals surface area contributed by atoms with Crippen LogP contribution in [-0.2, 0) is 18.9 Å². The van der Waals surface area contributed by atoms with Crippen LogP contribution in [0.2, 0.25) is 0 Å². The summed E-state index contributed by atoms with van der Waals surface area (Å²) < 4.78 is 24.5. The van der Waals surface area contributed by atoms with Gasteiger partial charge in [-0.2, -0.15) is 0 Å². The SMILES string of the molecule is CO[C@@H]1O[C@H](CC[C@@H](C)[C@H]2CC[C@]3(C)[C@H]4CC[C@@H]5[C@@]6(C)CCCC(C)(C)[C@@H]6CC[C@@]5(C)[C@]4(C)CC[C@@H]23)[C@H]2OC(C)(C)O[C@@H]12. The number of methoxy groups -OCH3 is 1. The van der Waals surface area contributed by atoms with E-state index in [0.717, 1.165) is 41.9 Å². The molecule has 0 spiro atoms. The average Bonchev–Trinajstić information content (AvgIpc) is 3.54. The Morgan fingerprint density at radius 1 is 0.698 bits per heavy atom. The van der Waals surface area contributed by atoms with E-state index in [9.17, 15) is 0 Å². The maximum atomic E-state index is 6.34. The van der Waals surface area contributed by atoms with Gasteiger partial charge in [-0.05, 0) is 153 Å². The molecule has 0 bridgehead atoms. The monoisotopic (exact) mass is 598 g/mol. The highest BCUT2D eigenvalue weighted by molar-refractivity contribution is 5.19. The van der Waals surface area contributed by atoms with E-state index in [4.69, 9.17) is 18.9 Å². The Morgan fingerprint density at radius 3 is 2.05 bits per heavy atom. The van der Waals surface area contributed by atoms with E-state index in [1.807, 2.05) is 13.8 Å². The lowest BCUT2D eigenvalue weighted by Gasteiger charge is -2.73. The normalized spacial score (nSPS) is 55.5. The highest BCUT2D eigenvalue weighted by atomic mass is 16.8. The molecule has 0 radical (unpaired) electrons. The summed E-state index contributed by atoms with van der Waals surface area (Å²) in [5, 5.41) is 0. The Hall–Kier alpha value is -0.160. The molecular weight excluding hydrogens is 532 g/mol. The summed E-state index contributed by atoms with van der Waals surface area (Å²) in [5.41, 5.74) is 2.55. The molecule has 0 aromatic heterocycles. The van der Waals surface area contributed by atoms with Gasteiger partial charge in [0.25, 0.3) is 0 Å². The van der Waals surface area contributed by atoms with Crippen molar-refractivity contribution in [1.82, 2.24) is 0 Å². The van der Waals surface area contributed by atoms with E-state index in [-0.39, 0.29) is 24.6 Å². The average molecular weight is 599 g/mol. The molecular formula is C39H66O4. The number of ether oxygens (including phenoxy) is 4. The molecule has 5 aliphatic carbocycles. The van der Waals surface area contributed by atoms with Crippen molar-refractivity contribution >= 4 is 0 Å². The molecule has 2 saturated heterocycles. The maximum absolute atomic E-state index is 6.34. The van der Waals surface area contributed by atoms with Crippen LogP contribution in [0.1, 0.15) is 146 Å². The first-order valence-corrected chi connectivity index (χ1v) is 18.6. The highest BCUT2D eigenvalue weighted by Gasteiger charge is 2.70. The zero-order valence-electron chi connectivity index (χ0n) is 29.6. The lowest BCUT2D eigenvalue weighted by molar-refractivity contribution is -0.241. The summed E-state index contributed by atoms with van der Waals surface area (Å²) in [6, 6.07) is 0. The number of fused-ring (bicyclic) bond motifs is 8. The van der Waals surface area contributed by atoms with E-state index >= 15 is 0 Å². The van der Waals surface area contributed by atoms with E-state index < -0.39 is 5.79 Å². The van der Waals surface area contributed by atoms with Crippen LogP contribution in [-0.4, -0.2) is 37.5 Å². The van der Waals surface area contributed by atoms with E-state index in [1.54, 1.807) is 7.11 Å². The predicted molar refractivity (Wildman–Crippen MR) is 172 cm³/mol. The summed E-state index contributed by atoms with van der Waals surface area (Å²) in [6.45, 7) is 23.0. The third-order valence-electron chi connectivity index (χ3n) is 16.7. The van der Waals surface area contributed by atoms with Crippen LogP contribution in [0.5, 0.6) is 0 Å². The molecule has 0 N–H and O–H groups in total. The van der Waals surface area contributed by atoms with Gasteiger partial charge in [0.15, 0.2) is 12.1 Å². The minimum atomic E-state index is -0.554. The van der Waals surface area contributed by atoms with Crippen molar-refractivity contribution in [2.75, 3.05) is 7.11 Å². The second kappa shape index (κ2) is 10.2. The van der Waals surface area contributed by atoms with Gasteiger partial charge in [-0.3, -0.25) is 0 Å². The van der Waals surface area contributed by atoms with Gasteiger partial charge in [0, 0.05) is 7.11 Å². The lowest BCUT2D eigenvalue weighted by Crippen LogP contribution is -2.65. The smallest absolute Gasteiger partial charge is 0.186 e. The summed E-state index contributed by atoms with van der Waals surface area (Å²) in [4.78, 5) is 0. The van der Waals surface area contributed by atoms with E-state index in [2.05, 4.69) is 48.5 Å². The van der Waals surface area contributed by atoms with Crippen LogP contribution < -0.4 is 0 Å². The van der Waals surface area contributed by atoms with Crippen molar-refractivity contribution < 1.29 is 18.9 Å². The van der Waals surface area contributed by atoms with Gasteiger partial charge in [-0.15, -0.1) is 0 Å². The first-order chi connectivity index (χ1) is 20.1. The van der Waals surface area contributed by atoms with Crippen LogP contribution in [0.15, 0.2) is 0 Å². The molecule has 4 heteroatoms. The minimum absolute atomic E-state index is 0.0148. The Bertz CT molecular complexity index is 1070. The molecule has 0 aromatic carbocycles. The third-order valence-corrected chi connectivity index (χ3v) is 16.7. The molecule has 7 aliphatic rings. The molecule has 0 amide bonds. The fourth-order valence-corrected chi connectivity index (χ4v) is 14.7. The summed E-state index contributed by atoms with van der Waals surface area (Å²) in [7, 11) is 1.73. The second-order valence-corrected chi connectivity index (χ2v) is 19.2. The molecule has 43 heavy (non-hydrogen) atoms. The van der Waals surface area contributed by atoms with Crippen molar-refractivity contribution in [1.29, 1.82) is 0 Å². The Balaban J connectivity index is 1.06. The molecule has 2 heterocycles. The van der Waals surface area contributed by atoms with Crippen LogP contribution in [0, 0.1) is 62.6 Å². The van der Waals surface area contributed by atoms with Crippen molar-refractivity contribution in [2.45, 2.75) is 176 Å². The van der Waals surface area contributed by atoms with Gasteiger partial charge in [0.2, 0.25) is 0 Å². The van der Waals surface area contributed by atoms with Gasteiger partial charge in [0.1, 0.15) is 12.2 Å². The van der Waals surface area contributed by atoms with Crippen molar-refractivity contribution in [3.05, 3.63) is 0 Å². The topological polar surface area (TPSA) is 36.9 Å². The first-order valence-electron chi connectivity index (χ1n) is 18.6. The van der Waals surface area contributed by atoms with Gasteiger partial charge in [-0.25, -0.2) is 0 Å². The number of rotatable bonds is 5. The molecule has 4 nitrogen and oxygen atoms in total. The summed E-state index contributed by atoms with van der Waals surface area (Å²) >= 11 is 0. The highest BCUT2D eigenvalue weighted by Crippen LogP contribution is 2.78. The fourth-order valence-electron chi connectivity index (χ4n) is 14.7. The van der Waals surface area contributed by atoms with E-state index in [0.29, 0.717) is 27.1 Å². The molecule has 7 fully saturated rings. The molecule has 5 saturated carbocycles. The molecule has 246 valence electrons. The van der Waals surface area contributed by atoms with Crippen LogP contribution in [0.3, 0.4) is 0 Å². The Labute approximate surface area is 264 Å². The van der Waals surface area contributed by atoms with Gasteiger partial charge in [0.05, 0.1) is 6.10 Å². The lowest BCUT2D eigenvalue weighted by atomic mass is 9.32. The second-order valence-electron chi connectivity index (χ2n) is 19.2. The quantitative estimate of drug-likeness (QED) is 0.316. The molecule has 7 rings (SSSR count). The summed E-state index contributed by atoms with van der Waals surface area (Å²) in [5.74, 6) is 4.62. The predicted octanol–water partition coefficient (Wildman–Crippen LogP) is 9.79. The van der Waals surface area contributed by atoms with Crippen molar-refractivity contribution in [3.63, 3.8) is 0 Å². The van der Waals surface area contributed by atoms with Crippen molar-refractivity contribution in [3.8, 4) is 0 Å². The molecule has 14 atom stereocenters. The zero-order valence-corrected chi connectivity index (χ0v) is 29.6. The number of hydrogen-bond donors (Lipinski definition) is 0. The minimum Gasteiger partial charge on any atom is -0.353 e. The molecule has 0 unspecified atom stereocenters. The fraction of sp³-hybridized carbons (Fsp3) is 1.00. The van der Waals surface area contributed by atoms with Gasteiger partial charge in [-0.1, -0.05) is 54.9 Å². The Morgan fingerprint density at radius 2 is 1.35 bits per heavy atom. The van der Waals surface area contributed by atoms with Crippen LogP contribution >= 0.6 is 0 Å². The molecule has 2 aliphatic heterocycles.